The zero-order chi connectivity index (χ0) is 16.5. The molecule has 0 amide bonds. The van der Waals surface area contributed by atoms with Crippen molar-refractivity contribution in [3.8, 4) is 0 Å². The van der Waals surface area contributed by atoms with Crippen molar-refractivity contribution in [2.45, 2.75) is 57.4 Å². The van der Waals surface area contributed by atoms with Gasteiger partial charge in [0.2, 0.25) is 10.0 Å². The summed E-state index contributed by atoms with van der Waals surface area (Å²) < 4.78 is 29.6. The first-order valence-electron chi connectivity index (χ1n) is 8.05. The number of aliphatic hydroxyl groups excluding tert-OH is 1. The van der Waals surface area contributed by atoms with Crippen molar-refractivity contribution in [1.82, 2.24) is 14.1 Å². The Kier molecular flexibility index (Phi) is 5.29. The van der Waals surface area contributed by atoms with Crippen LogP contribution in [0.3, 0.4) is 0 Å². The molecule has 7 heteroatoms. The molecule has 1 aromatic heterocycles. The molecular weight excluding hydrogens is 302 g/mol. The number of aliphatic hydroxyl groups is 1. The van der Waals surface area contributed by atoms with Crippen LogP contribution in [0.1, 0.15) is 45.0 Å². The lowest BCUT2D eigenvalue weighted by molar-refractivity contribution is 0.113. The summed E-state index contributed by atoms with van der Waals surface area (Å²) in [5, 5.41) is 14.1. The molecule has 2 heterocycles. The smallest absolute Gasteiger partial charge is 0.247 e. The highest BCUT2D eigenvalue weighted by Crippen LogP contribution is 2.32. The van der Waals surface area contributed by atoms with Crippen molar-refractivity contribution in [1.29, 1.82) is 0 Å². The highest BCUT2D eigenvalue weighted by atomic mass is 32.2. The van der Waals surface area contributed by atoms with E-state index in [1.807, 2.05) is 20.8 Å². The summed E-state index contributed by atoms with van der Waals surface area (Å²) in [4.78, 5) is 0.354. The Morgan fingerprint density at radius 3 is 2.55 bits per heavy atom. The number of sulfonamides is 1. The molecule has 1 aliphatic rings. The quantitative estimate of drug-likeness (QED) is 0.884. The van der Waals surface area contributed by atoms with Gasteiger partial charge < -0.3 is 5.11 Å². The molecule has 0 bridgehead atoms. The summed E-state index contributed by atoms with van der Waals surface area (Å²) in [5.41, 5.74) is 1.36. The molecular formula is C15H27N3O3S. The van der Waals surface area contributed by atoms with E-state index in [2.05, 4.69) is 5.10 Å². The molecule has 1 aliphatic heterocycles. The van der Waals surface area contributed by atoms with Gasteiger partial charge in [-0.2, -0.15) is 9.40 Å². The summed E-state index contributed by atoms with van der Waals surface area (Å²) in [7, 11) is -1.84. The fraction of sp³-hybridized carbons (Fsp3) is 0.800. The van der Waals surface area contributed by atoms with Gasteiger partial charge in [0.1, 0.15) is 4.90 Å². The number of aromatic nitrogens is 2. The first kappa shape index (κ1) is 17.4. The number of hydrogen-bond acceptors (Lipinski definition) is 4. The minimum atomic E-state index is -3.63. The van der Waals surface area contributed by atoms with Gasteiger partial charge in [-0.3, -0.25) is 4.68 Å². The van der Waals surface area contributed by atoms with E-state index in [-0.39, 0.29) is 18.6 Å². The van der Waals surface area contributed by atoms with E-state index < -0.39 is 10.0 Å². The maximum absolute atomic E-state index is 13.2. The van der Waals surface area contributed by atoms with Crippen LogP contribution >= 0.6 is 0 Å². The van der Waals surface area contributed by atoms with Gasteiger partial charge >= 0.3 is 0 Å². The van der Waals surface area contributed by atoms with Crippen LogP contribution in [0.2, 0.25) is 0 Å². The van der Waals surface area contributed by atoms with E-state index in [9.17, 15) is 13.5 Å². The maximum atomic E-state index is 13.2. The van der Waals surface area contributed by atoms with Gasteiger partial charge in [-0.15, -0.1) is 0 Å². The van der Waals surface area contributed by atoms with E-state index in [4.69, 9.17) is 0 Å². The second-order valence-electron chi connectivity index (χ2n) is 6.04. The summed E-state index contributed by atoms with van der Waals surface area (Å²) in [6.45, 7) is 6.21. The molecule has 6 nitrogen and oxygen atoms in total. The first-order chi connectivity index (χ1) is 10.4. The molecule has 0 saturated carbocycles. The van der Waals surface area contributed by atoms with E-state index >= 15 is 0 Å². The highest BCUT2D eigenvalue weighted by molar-refractivity contribution is 7.89. The highest BCUT2D eigenvalue weighted by Gasteiger charge is 2.39. The van der Waals surface area contributed by atoms with E-state index in [0.717, 1.165) is 18.5 Å². The zero-order valence-electron chi connectivity index (χ0n) is 13.9. The average Bonchev–Trinajstić information content (AvgIpc) is 2.83. The van der Waals surface area contributed by atoms with Crippen LogP contribution in [0.4, 0.5) is 0 Å². The van der Waals surface area contributed by atoms with Crippen LogP contribution in [-0.4, -0.2) is 46.8 Å². The minimum absolute atomic E-state index is 0.135. The van der Waals surface area contributed by atoms with Gasteiger partial charge in [0.15, 0.2) is 0 Å². The van der Waals surface area contributed by atoms with Crippen LogP contribution in [0.25, 0.3) is 0 Å². The van der Waals surface area contributed by atoms with Crippen molar-refractivity contribution < 1.29 is 13.5 Å². The van der Waals surface area contributed by atoms with Crippen LogP contribution < -0.4 is 0 Å². The first-order valence-corrected chi connectivity index (χ1v) is 9.49. The summed E-state index contributed by atoms with van der Waals surface area (Å²) in [6.07, 6.45) is 2.98. The molecule has 0 aliphatic carbocycles. The fourth-order valence-electron chi connectivity index (χ4n) is 3.42. The van der Waals surface area contributed by atoms with Crippen LogP contribution in [0.5, 0.6) is 0 Å². The Morgan fingerprint density at radius 1 is 1.32 bits per heavy atom. The molecule has 126 valence electrons. The minimum Gasteiger partial charge on any atom is -0.395 e. The Balaban J connectivity index is 2.54. The van der Waals surface area contributed by atoms with Crippen LogP contribution in [0.15, 0.2) is 4.90 Å². The van der Waals surface area contributed by atoms with Crippen molar-refractivity contribution in [3.05, 3.63) is 11.4 Å². The van der Waals surface area contributed by atoms with E-state index in [1.54, 1.807) is 11.7 Å². The lowest BCUT2D eigenvalue weighted by Crippen LogP contribution is -2.49. The summed E-state index contributed by atoms with van der Waals surface area (Å²) in [6, 6.07) is -0.339. The number of piperidine rings is 1. The van der Waals surface area contributed by atoms with Gasteiger partial charge in [-0.1, -0.05) is 20.8 Å². The second kappa shape index (κ2) is 6.68. The molecule has 2 atom stereocenters. The summed E-state index contributed by atoms with van der Waals surface area (Å²) in [5.74, 6) is 0.167. The van der Waals surface area contributed by atoms with E-state index in [1.165, 1.54) is 4.31 Å². The normalized spacial score (nSPS) is 23.9. The monoisotopic (exact) mass is 329 g/mol. The topological polar surface area (TPSA) is 75.4 Å². The molecule has 1 saturated heterocycles. The third-order valence-electron chi connectivity index (χ3n) is 4.67. The zero-order valence-corrected chi connectivity index (χ0v) is 14.7. The SMILES string of the molecule is CCc1nn(C)c(CC)c1S(=O)(=O)N1CCC[C@H](C)[C@H]1CO. The second-order valence-corrected chi connectivity index (χ2v) is 7.87. The molecule has 1 N–H and O–H groups in total. The summed E-state index contributed by atoms with van der Waals surface area (Å²) >= 11 is 0. The predicted molar refractivity (Wildman–Crippen MR) is 85.1 cm³/mol. The van der Waals surface area contributed by atoms with Gasteiger partial charge in [-0.05, 0) is 31.6 Å². The molecule has 0 radical (unpaired) electrons. The molecule has 1 fully saturated rings. The van der Waals surface area contributed by atoms with Crippen molar-refractivity contribution in [3.63, 3.8) is 0 Å². The number of rotatable bonds is 5. The third-order valence-corrected chi connectivity index (χ3v) is 6.73. The standard InChI is InChI=1S/C15H27N3O3S/c1-5-12-15(13(6-2)17(4)16-12)22(20,21)18-9-7-8-11(3)14(18)10-19/h11,14,19H,5-10H2,1-4H3/t11-,14+/m0/s1. The van der Waals surface area contributed by atoms with Crippen LogP contribution in [0, 0.1) is 5.92 Å². The lowest BCUT2D eigenvalue weighted by atomic mass is 9.93. The Hall–Kier alpha value is -0.920. The Morgan fingerprint density at radius 2 is 2.00 bits per heavy atom. The molecule has 0 spiro atoms. The maximum Gasteiger partial charge on any atom is 0.247 e. The van der Waals surface area contributed by atoms with Gasteiger partial charge in [0, 0.05) is 13.6 Å². The Bertz CT molecular complexity index is 624. The van der Waals surface area contributed by atoms with Gasteiger partial charge in [0.25, 0.3) is 0 Å². The largest absolute Gasteiger partial charge is 0.395 e. The third kappa shape index (κ3) is 2.81. The fourth-order valence-corrected chi connectivity index (χ4v) is 5.71. The number of hydrogen-bond donors (Lipinski definition) is 1. The van der Waals surface area contributed by atoms with E-state index in [0.29, 0.717) is 30.0 Å². The molecule has 0 unspecified atom stereocenters. The molecule has 0 aromatic carbocycles. The molecule has 1 aromatic rings. The van der Waals surface area contributed by atoms with Crippen molar-refractivity contribution in [2.24, 2.45) is 13.0 Å². The lowest BCUT2D eigenvalue weighted by Gasteiger charge is -2.38. The number of nitrogens with zero attached hydrogens (tertiary/aromatic N) is 3. The van der Waals surface area contributed by atoms with Crippen molar-refractivity contribution >= 4 is 10.0 Å². The van der Waals surface area contributed by atoms with Gasteiger partial charge in [0.05, 0.1) is 24.0 Å². The predicted octanol–water partition coefficient (Wildman–Crippen LogP) is 1.33. The number of aryl methyl sites for hydroxylation is 2. The Labute approximate surface area is 133 Å². The molecule has 2 rings (SSSR count). The van der Waals surface area contributed by atoms with Gasteiger partial charge in [-0.25, -0.2) is 8.42 Å². The molecule has 22 heavy (non-hydrogen) atoms. The average molecular weight is 329 g/mol. The van der Waals surface area contributed by atoms with Crippen LogP contribution in [-0.2, 0) is 29.9 Å². The van der Waals surface area contributed by atoms with Crippen molar-refractivity contribution in [2.75, 3.05) is 13.2 Å².